The molecule has 1 heterocycles. The standard InChI is InChI=1S/C17H23ClN2O3/c1-3-4-16(21)20-9-7-12(8-10-20)17(22)19-15-11-13(23-2)5-6-14(15)18/h5-6,11-12H,3-4,7-10H2,1-2H3,(H,19,22). The average molecular weight is 339 g/mol. The van der Waals surface area contributed by atoms with Crippen LogP contribution in [0, 0.1) is 5.92 Å². The van der Waals surface area contributed by atoms with Crippen molar-refractivity contribution in [2.45, 2.75) is 32.6 Å². The van der Waals surface area contributed by atoms with Crippen molar-refractivity contribution < 1.29 is 14.3 Å². The number of benzene rings is 1. The first-order chi connectivity index (χ1) is 11.0. The van der Waals surface area contributed by atoms with E-state index in [4.69, 9.17) is 16.3 Å². The summed E-state index contributed by atoms with van der Waals surface area (Å²) in [6.07, 6.45) is 2.80. The van der Waals surface area contributed by atoms with Gasteiger partial charge in [0.05, 0.1) is 17.8 Å². The minimum absolute atomic E-state index is 0.0530. The van der Waals surface area contributed by atoms with E-state index in [0.717, 1.165) is 6.42 Å². The summed E-state index contributed by atoms with van der Waals surface area (Å²) in [5.74, 6) is 0.678. The van der Waals surface area contributed by atoms with Gasteiger partial charge in [-0.15, -0.1) is 0 Å². The Morgan fingerprint density at radius 1 is 1.35 bits per heavy atom. The van der Waals surface area contributed by atoms with E-state index in [9.17, 15) is 9.59 Å². The Kier molecular flexibility index (Phi) is 6.28. The average Bonchev–Trinajstić information content (AvgIpc) is 2.57. The Morgan fingerprint density at radius 2 is 2.04 bits per heavy atom. The number of carbonyl (C=O) groups excluding carboxylic acids is 2. The minimum Gasteiger partial charge on any atom is -0.497 e. The summed E-state index contributed by atoms with van der Waals surface area (Å²) in [7, 11) is 1.57. The third-order valence-corrected chi connectivity index (χ3v) is 4.44. The number of hydrogen-bond donors (Lipinski definition) is 1. The smallest absolute Gasteiger partial charge is 0.227 e. The highest BCUT2D eigenvalue weighted by Gasteiger charge is 2.27. The molecule has 5 nitrogen and oxygen atoms in total. The molecule has 126 valence electrons. The van der Waals surface area contributed by atoms with E-state index >= 15 is 0 Å². The number of nitrogens with zero attached hydrogens (tertiary/aromatic N) is 1. The van der Waals surface area contributed by atoms with Crippen LogP contribution in [0.5, 0.6) is 5.75 Å². The predicted molar refractivity (Wildman–Crippen MR) is 90.8 cm³/mol. The van der Waals surface area contributed by atoms with Crippen LogP contribution < -0.4 is 10.1 Å². The van der Waals surface area contributed by atoms with Crippen molar-refractivity contribution in [1.82, 2.24) is 4.90 Å². The molecule has 1 aromatic carbocycles. The molecule has 1 aliphatic heterocycles. The van der Waals surface area contributed by atoms with Crippen LogP contribution in [-0.2, 0) is 9.59 Å². The Labute approximate surface area is 141 Å². The molecule has 0 bridgehead atoms. The SMILES string of the molecule is CCCC(=O)N1CCC(C(=O)Nc2cc(OC)ccc2Cl)CC1. The molecule has 0 radical (unpaired) electrons. The maximum atomic E-state index is 12.4. The number of halogens is 1. The van der Waals surface area contributed by atoms with Gasteiger partial charge in [-0.3, -0.25) is 9.59 Å². The Morgan fingerprint density at radius 3 is 2.65 bits per heavy atom. The molecule has 1 fully saturated rings. The van der Waals surface area contributed by atoms with E-state index in [2.05, 4.69) is 5.32 Å². The van der Waals surface area contributed by atoms with Gasteiger partial charge in [0.1, 0.15) is 5.75 Å². The Bertz CT molecular complexity index is 569. The second-order valence-corrected chi connectivity index (χ2v) is 6.15. The van der Waals surface area contributed by atoms with Crippen LogP contribution in [-0.4, -0.2) is 36.9 Å². The molecule has 0 unspecified atom stereocenters. The molecular weight excluding hydrogens is 316 g/mol. The zero-order chi connectivity index (χ0) is 16.8. The van der Waals surface area contributed by atoms with Crippen molar-refractivity contribution in [1.29, 1.82) is 0 Å². The molecule has 2 rings (SSSR count). The number of ether oxygens (including phenoxy) is 1. The minimum atomic E-state index is -0.0945. The van der Waals surface area contributed by atoms with E-state index in [1.54, 1.807) is 25.3 Å². The van der Waals surface area contributed by atoms with Crippen LogP contribution in [0.3, 0.4) is 0 Å². The Hall–Kier alpha value is -1.75. The highest BCUT2D eigenvalue weighted by molar-refractivity contribution is 6.33. The van der Waals surface area contributed by atoms with Gasteiger partial charge in [-0.2, -0.15) is 0 Å². The molecule has 1 N–H and O–H groups in total. The molecule has 23 heavy (non-hydrogen) atoms. The molecule has 0 spiro atoms. The van der Waals surface area contributed by atoms with Crippen molar-refractivity contribution in [3.05, 3.63) is 23.2 Å². The summed E-state index contributed by atoms with van der Waals surface area (Å²) >= 11 is 6.11. The number of nitrogens with one attached hydrogen (secondary N) is 1. The number of carbonyl (C=O) groups is 2. The lowest BCUT2D eigenvalue weighted by molar-refractivity contribution is -0.134. The summed E-state index contributed by atoms with van der Waals surface area (Å²) in [6.45, 7) is 3.28. The first-order valence-electron chi connectivity index (χ1n) is 7.97. The molecule has 6 heteroatoms. The number of rotatable bonds is 5. The van der Waals surface area contributed by atoms with Gasteiger partial charge in [0.15, 0.2) is 0 Å². The quantitative estimate of drug-likeness (QED) is 0.895. The van der Waals surface area contributed by atoms with Crippen molar-refractivity contribution >= 4 is 29.1 Å². The zero-order valence-corrected chi connectivity index (χ0v) is 14.4. The van der Waals surface area contributed by atoms with E-state index in [1.807, 2.05) is 11.8 Å². The lowest BCUT2D eigenvalue weighted by Crippen LogP contribution is -2.41. The highest BCUT2D eigenvalue weighted by atomic mass is 35.5. The van der Waals surface area contributed by atoms with Crippen LogP contribution in [0.15, 0.2) is 18.2 Å². The van der Waals surface area contributed by atoms with Crippen LogP contribution in [0.2, 0.25) is 5.02 Å². The van der Waals surface area contributed by atoms with Gasteiger partial charge in [-0.1, -0.05) is 18.5 Å². The summed E-state index contributed by atoms with van der Waals surface area (Å²) in [5, 5.41) is 3.35. The summed E-state index contributed by atoms with van der Waals surface area (Å²) < 4.78 is 5.15. The van der Waals surface area contributed by atoms with Gasteiger partial charge in [0.2, 0.25) is 11.8 Å². The topological polar surface area (TPSA) is 58.6 Å². The summed E-state index contributed by atoms with van der Waals surface area (Å²) in [5.41, 5.74) is 0.556. The van der Waals surface area contributed by atoms with E-state index in [1.165, 1.54) is 0 Å². The van der Waals surface area contributed by atoms with Gasteiger partial charge in [-0.25, -0.2) is 0 Å². The largest absolute Gasteiger partial charge is 0.497 e. The van der Waals surface area contributed by atoms with Crippen LogP contribution in [0.1, 0.15) is 32.6 Å². The third-order valence-electron chi connectivity index (χ3n) is 4.11. The molecular formula is C17H23ClN2O3. The van der Waals surface area contributed by atoms with Gasteiger partial charge in [0, 0.05) is 31.5 Å². The highest BCUT2D eigenvalue weighted by Crippen LogP contribution is 2.28. The molecule has 1 aromatic rings. The molecule has 1 saturated heterocycles. The van der Waals surface area contributed by atoms with Gasteiger partial charge >= 0.3 is 0 Å². The molecule has 2 amide bonds. The van der Waals surface area contributed by atoms with Crippen molar-refractivity contribution in [2.24, 2.45) is 5.92 Å². The maximum Gasteiger partial charge on any atom is 0.227 e. The van der Waals surface area contributed by atoms with Crippen molar-refractivity contribution in [3.63, 3.8) is 0 Å². The van der Waals surface area contributed by atoms with Crippen LogP contribution in [0.4, 0.5) is 5.69 Å². The van der Waals surface area contributed by atoms with Gasteiger partial charge < -0.3 is 15.0 Å². The molecule has 0 aliphatic carbocycles. The van der Waals surface area contributed by atoms with Crippen LogP contribution >= 0.6 is 11.6 Å². The number of methoxy groups -OCH3 is 1. The number of anilines is 1. The van der Waals surface area contributed by atoms with Crippen molar-refractivity contribution in [3.8, 4) is 5.75 Å². The fourth-order valence-corrected chi connectivity index (χ4v) is 2.89. The van der Waals surface area contributed by atoms with Gasteiger partial charge in [-0.05, 0) is 31.4 Å². The summed E-state index contributed by atoms with van der Waals surface area (Å²) in [4.78, 5) is 26.1. The number of likely N-dealkylation sites (tertiary alicyclic amines) is 1. The number of amides is 2. The van der Waals surface area contributed by atoms with Crippen molar-refractivity contribution in [2.75, 3.05) is 25.5 Å². The molecule has 0 aromatic heterocycles. The maximum absolute atomic E-state index is 12.4. The van der Waals surface area contributed by atoms with Crippen LogP contribution in [0.25, 0.3) is 0 Å². The fraction of sp³-hybridized carbons (Fsp3) is 0.529. The number of piperidine rings is 1. The zero-order valence-electron chi connectivity index (χ0n) is 13.6. The molecule has 1 aliphatic rings. The van der Waals surface area contributed by atoms with E-state index in [-0.39, 0.29) is 17.7 Å². The Balaban J connectivity index is 1.92. The molecule has 0 atom stereocenters. The fourth-order valence-electron chi connectivity index (χ4n) is 2.72. The monoisotopic (exact) mass is 338 g/mol. The number of hydrogen-bond acceptors (Lipinski definition) is 3. The summed E-state index contributed by atoms with van der Waals surface area (Å²) in [6, 6.07) is 5.15. The first-order valence-corrected chi connectivity index (χ1v) is 8.35. The second-order valence-electron chi connectivity index (χ2n) is 5.74. The third kappa shape index (κ3) is 4.61. The lowest BCUT2D eigenvalue weighted by Gasteiger charge is -2.31. The van der Waals surface area contributed by atoms with E-state index in [0.29, 0.717) is 48.8 Å². The first kappa shape index (κ1) is 17.6. The normalized spacial score (nSPS) is 15.3. The lowest BCUT2D eigenvalue weighted by atomic mass is 9.95. The van der Waals surface area contributed by atoms with E-state index < -0.39 is 0 Å². The van der Waals surface area contributed by atoms with Gasteiger partial charge in [0.25, 0.3) is 0 Å². The second kappa shape index (κ2) is 8.20. The predicted octanol–water partition coefficient (Wildman–Crippen LogP) is 3.33. The molecule has 0 saturated carbocycles.